The van der Waals surface area contributed by atoms with Gasteiger partial charge in [-0.15, -0.1) is 0 Å². The Balaban J connectivity index is 1.62. The minimum Gasteiger partial charge on any atom is -0.348 e. The largest absolute Gasteiger partial charge is 0.348 e. The lowest BCUT2D eigenvalue weighted by Crippen LogP contribution is -2.28. The summed E-state index contributed by atoms with van der Waals surface area (Å²) in [6, 6.07) is 5.89. The quantitative estimate of drug-likeness (QED) is 0.600. The monoisotopic (exact) mass is 426 g/mol. The number of nitrogens with zero attached hydrogens (tertiary/aromatic N) is 2. The normalized spacial score (nSPS) is 14.5. The molecule has 30 heavy (non-hydrogen) atoms. The van der Waals surface area contributed by atoms with E-state index < -0.39 is 0 Å². The SMILES string of the molecule is CCCc1cc(C)[nH]c(=O)c1CNC(=O)c1cc(Cl)cc2c1cnn2C1CCCC1. The van der Waals surface area contributed by atoms with Gasteiger partial charge in [-0.05, 0) is 49.9 Å². The molecule has 0 bridgehead atoms. The molecule has 0 atom stereocenters. The highest BCUT2D eigenvalue weighted by Crippen LogP contribution is 2.33. The fourth-order valence-corrected chi connectivity index (χ4v) is 4.69. The van der Waals surface area contributed by atoms with Crippen LogP contribution in [0.1, 0.15) is 72.2 Å². The predicted octanol–water partition coefficient (Wildman–Crippen LogP) is 4.68. The summed E-state index contributed by atoms with van der Waals surface area (Å²) in [5.74, 6) is -0.254. The third kappa shape index (κ3) is 4.01. The van der Waals surface area contributed by atoms with E-state index in [-0.39, 0.29) is 18.0 Å². The summed E-state index contributed by atoms with van der Waals surface area (Å²) in [5.41, 5.74) is 3.64. The third-order valence-corrected chi connectivity index (χ3v) is 6.12. The van der Waals surface area contributed by atoms with Crippen LogP contribution in [0.2, 0.25) is 5.02 Å². The maximum absolute atomic E-state index is 13.0. The Bertz CT molecular complexity index is 1140. The number of aromatic nitrogens is 3. The number of carbonyl (C=O) groups excluding carboxylic acids is 1. The number of pyridine rings is 1. The van der Waals surface area contributed by atoms with Crippen LogP contribution >= 0.6 is 11.6 Å². The van der Waals surface area contributed by atoms with Crippen LogP contribution in [0.15, 0.2) is 29.2 Å². The van der Waals surface area contributed by atoms with Crippen LogP contribution < -0.4 is 10.9 Å². The Labute approximate surface area is 180 Å². The van der Waals surface area contributed by atoms with E-state index in [9.17, 15) is 9.59 Å². The van der Waals surface area contributed by atoms with Crippen molar-refractivity contribution >= 4 is 28.4 Å². The number of hydrogen-bond donors (Lipinski definition) is 2. The fraction of sp³-hybridized carbons (Fsp3) is 0.435. The lowest BCUT2D eigenvalue weighted by Gasteiger charge is -2.13. The molecule has 4 rings (SSSR count). The van der Waals surface area contributed by atoms with Crippen molar-refractivity contribution < 1.29 is 4.79 Å². The average molecular weight is 427 g/mol. The number of rotatable bonds is 6. The second kappa shape index (κ2) is 8.64. The van der Waals surface area contributed by atoms with Crippen LogP contribution in [0.3, 0.4) is 0 Å². The standard InChI is InChI=1S/C23H27ClN4O2/c1-3-6-15-9-14(2)27-23(30)19(15)12-25-22(29)18-10-16(24)11-21-20(18)13-26-28(21)17-7-4-5-8-17/h9-11,13,17H,3-8,12H2,1-2H3,(H,25,29)(H,27,30). The summed E-state index contributed by atoms with van der Waals surface area (Å²) >= 11 is 6.35. The van der Waals surface area contributed by atoms with Gasteiger partial charge >= 0.3 is 0 Å². The first-order valence-corrected chi connectivity index (χ1v) is 11.0. The maximum Gasteiger partial charge on any atom is 0.253 e. The number of aromatic amines is 1. The van der Waals surface area contributed by atoms with Gasteiger partial charge in [0.2, 0.25) is 0 Å². The van der Waals surface area contributed by atoms with Gasteiger partial charge in [0.1, 0.15) is 0 Å². The van der Waals surface area contributed by atoms with Crippen LogP contribution in [0, 0.1) is 6.92 Å². The van der Waals surface area contributed by atoms with Gasteiger partial charge in [0, 0.05) is 28.2 Å². The zero-order chi connectivity index (χ0) is 21.3. The van der Waals surface area contributed by atoms with Crippen LogP contribution in [0.4, 0.5) is 0 Å². The molecule has 3 aromatic rings. The molecule has 2 heterocycles. The molecule has 1 aliphatic carbocycles. The number of benzene rings is 1. The molecule has 2 aromatic heterocycles. The number of amides is 1. The second-order valence-corrected chi connectivity index (χ2v) is 8.57. The average Bonchev–Trinajstić information content (AvgIpc) is 3.36. The van der Waals surface area contributed by atoms with Gasteiger partial charge in [-0.25, -0.2) is 0 Å². The summed E-state index contributed by atoms with van der Waals surface area (Å²) in [4.78, 5) is 28.3. The molecule has 0 unspecified atom stereocenters. The Kier molecular flexibility index (Phi) is 5.95. The number of nitrogens with one attached hydrogen (secondary N) is 2. The van der Waals surface area contributed by atoms with Crippen LogP contribution in [-0.4, -0.2) is 20.7 Å². The van der Waals surface area contributed by atoms with Crippen LogP contribution in [0.5, 0.6) is 0 Å². The highest BCUT2D eigenvalue weighted by Gasteiger charge is 2.22. The number of fused-ring (bicyclic) bond motifs is 1. The fourth-order valence-electron chi connectivity index (χ4n) is 4.47. The van der Waals surface area contributed by atoms with Crippen molar-refractivity contribution in [2.45, 2.75) is 65.0 Å². The highest BCUT2D eigenvalue weighted by molar-refractivity contribution is 6.32. The molecule has 6 nitrogen and oxygen atoms in total. The third-order valence-electron chi connectivity index (χ3n) is 5.90. The Hall–Kier alpha value is -2.60. The molecular formula is C23H27ClN4O2. The van der Waals surface area contributed by atoms with E-state index >= 15 is 0 Å². The lowest BCUT2D eigenvalue weighted by atomic mass is 10.0. The number of aryl methyl sites for hydroxylation is 2. The Morgan fingerprint density at radius 2 is 2.07 bits per heavy atom. The zero-order valence-electron chi connectivity index (χ0n) is 17.4. The molecule has 7 heteroatoms. The van der Waals surface area contributed by atoms with Crippen molar-refractivity contribution in [3.05, 3.63) is 62.2 Å². The van der Waals surface area contributed by atoms with Crippen molar-refractivity contribution in [3.63, 3.8) is 0 Å². The second-order valence-electron chi connectivity index (χ2n) is 8.13. The van der Waals surface area contributed by atoms with Gasteiger partial charge in [0.25, 0.3) is 11.5 Å². The highest BCUT2D eigenvalue weighted by atomic mass is 35.5. The van der Waals surface area contributed by atoms with E-state index in [4.69, 9.17) is 11.6 Å². The van der Waals surface area contributed by atoms with E-state index in [0.717, 1.165) is 47.8 Å². The number of hydrogen-bond acceptors (Lipinski definition) is 3. The van der Waals surface area contributed by atoms with E-state index in [0.29, 0.717) is 22.2 Å². The minimum absolute atomic E-state index is 0.149. The summed E-state index contributed by atoms with van der Waals surface area (Å²) < 4.78 is 2.01. The molecule has 1 aliphatic rings. The maximum atomic E-state index is 13.0. The smallest absolute Gasteiger partial charge is 0.253 e. The summed E-state index contributed by atoms with van der Waals surface area (Å²) in [7, 11) is 0. The molecule has 0 radical (unpaired) electrons. The Morgan fingerprint density at radius 1 is 1.30 bits per heavy atom. The molecule has 0 aliphatic heterocycles. The number of carbonyl (C=O) groups is 1. The Morgan fingerprint density at radius 3 is 2.80 bits per heavy atom. The molecule has 0 spiro atoms. The van der Waals surface area contributed by atoms with Gasteiger partial charge in [0.15, 0.2) is 0 Å². The van der Waals surface area contributed by atoms with E-state index in [2.05, 4.69) is 22.3 Å². The summed E-state index contributed by atoms with van der Waals surface area (Å²) in [6.07, 6.45) is 8.07. The topological polar surface area (TPSA) is 79.8 Å². The molecule has 2 N–H and O–H groups in total. The van der Waals surface area contributed by atoms with Crippen molar-refractivity contribution in [2.24, 2.45) is 0 Å². The molecule has 1 saturated carbocycles. The van der Waals surface area contributed by atoms with Gasteiger partial charge in [0.05, 0.1) is 23.3 Å². The van der Waals surface area contributed by atoms with E-state index in [1.165, 1.54) is 12.8 Å². The molecule has 0 saturated heterocycles. The summed E-state index contributed by atoms with van der Waals surface area (Å²) in [6.45, 7) is 4.12. The van der Waals surface area contributed by atoms with Crippen molar-refractivity contribution in [1.29, 1.82) is 0 Å². The zero-order valence-corrected chi connectivity index (χ0v) is 18.2. The van der Waals surface area contributed by atoms with Crippen molar-refractivity contribution in [3.8, 4) is 0 Å². The molecule has 158 valence electrons. The van der Waals surface area contributed by atoms with E-state index in [1.807, 2.05) is 23.7 Å². The molecular weight excluding hydrogens is 400 g/mol. The van der Waals surface area contributed by atoms with Crippen molar-refractivity contribution in [1.82, 2.24) is 20.1 Å². The number of H-pyrrole nitrogens is 1. The lowest BCUT2D eigenvalue weighted by molar-refractivity contribution is 0.0952. The van der Waals surface area contributed by atoms with Crippen LogP contribution in [-0.2, 0) is 13.0 Å². The predicted molar refractivity (Wildman–Crippen MR) is 119 cm³/mol. The van der Waals surface area contributed by atoms with E-state index in [1.54, 1.807) is 12.3 Å². The number of halogens is 1. The minimum atomic E-state index is -0.254. The first-order valence-electron chi connectivity index (χ1n) is 10.6. The van der Waals surface area contributed by atoms with Gasteiger partial charge in [-0.2, -0.15) is 5.10 Å². The summed E-state index contributed by atoms with van der Waals surface area (Å²) in [5, 5.41) is 8.78. The van der Waals surface area contributed by atoms with Gasteiger partial charge in [-0.3, -0.25) is 14.3 Å². The molecule has 1 fully saturated rings. The first kappa shape index (κ1) is 20.7. The molecule has 1 aromatic carbocycles. The first-order chi connectivity index (χ1) is 14.5. The van der Waals surface area contributed by atoms with Crippen LogP contribution in [0.25, 0.3) is 10.9 Å². The van der Waals surface area contributed by atoms with Gasteiger partial charge in [-0.1, -0.05) is 37.8 Å². The molecule has 1 amide bonds. The van der Waals surface area contributed by atoms with Crippen molar-refractivity contribution in [2.75, 3.05) is 0 Å². The van der Waals surface area contributed by atoms with Gasteiger partial charge < -0.3 is 10.3 Å².